The smallest absolute Gasteiger partial charge is 0.240 e. The fourth-order valence-electron chi connectivity index (χ4n) is 4.83. The molecule has 2 aromatic carbocycles. The summed E-state index contributed by atoms with van der Waals surface area (Å²) in [6, 6.07) is 14.0. The van der Waals surface area contributed by atoms with Crippen molar-refractivity contribution in [1.29, 1.82) is 0 Å². The number of amides is 1. The van der Waals surface area contributed by atoms with Crippen LogP contribution in [-0.2, 0) is 27.7 Å². The van der Waals surface area contributed by atoms with E-state index < -0.39 is 10.0 Å². The maximum Gasteiger partial charge on any atom is 0.240 e. The van der Waals surface area contributed by atoms with E-state index in [2.05, 4.69) is 40.8 Å². The van der Waals surface area contributed by atoms with Gasteiger partial charge in [-0.3, -0.25) is 4.79 Å². The van der Waals surface area contributed by atoms with Crippen LogP contribution in [-0.4, -0.2) is 40.0 Å². The Balaban J connectivity index is 1.19. The van der Waals surface area contributed by atoms with E-state index in [1.807, 2.05) is 4.90 Å². The predicted molar refractivity (Wildman–Crippen MR) is 122 cm³/mol. The Kier molecular flexibility index (Phi) is 5.26. The van der Waals surface area contributed by atoms with E-state index >= 15 is 0 Å². The fourth-order valence-corrected chi connectivity index (χ4v) is 5.96. The summed E-state index contributed by atoms with van der Waals surface area (Å²) in [6.07, 6.45) is 4.44. The first-order valence-electron chi connectivity index (χ1n) is 11.2. The fraction of sp³-hybridized carbons (Fsp3) is 0.458. The van der Waals surface area contributed by atoms with Gasteiger partial charge in [-0.15, -0.1) is 0 Å². The molecule has 1 N–H and O–H groups in total. The van der Waals surface area contributed by atoms with E-state index in [1.165, 1.54) is 11.3 Å². The van der Waals surface area contributed by atoms with Crippen LogP contribution in [0.5, 0.6) is 0 Å². The van der Waals surface area contributed by atoms with E-state index in [1.54, 1.807) is 18.2 Å². The summed E-state index contributed by atoms with van der Waals surface area (Å²) >= 11 is 0. The van der Waals surface area contributed by atoms with Gasteiger partial charge in [0.2, 0.25) is 15.9 Å². The highest BCUT2D eigenvalue weighted by Crippen LogP contribution is 2.37. The number of carbonyl (C=O) groups is 1. The predicted octanol–water partition coefficient (Wildman–Crippen LogP) is 3.11. The zero-order valence-corrected chi connectivity index (χ0v) is 18.7. The maximum absolute atomic E-state index is 12.8. The van der Waals surface area contributed by atoms with Crippen LogP contribution < -0.4 is 14.5 Å². The summed E-state index contributed by atoms with van der Waals surface area (Å²) in [5.74, 6) is 0.353. The molecule has 0 unspecified atom stereocenters. The first-order valence-corrected chi connectivity index (χ1v) is 12.7. The molecule has 3 aliphatic rings. The molecule has 2 heterocycles. The highest BCUT2D eigenvalue weighted by molar-refractivity contribution is 7.89. The van der Waals surface area contributed by atoms with Gasteiger partial charge in [0.25, 0.3) is 0 Å². The highest BCUT2D eigenvalue weighted by atomic mass is 32.2. The van der Waals surface area contributed by atoms with Crippen molar-refractivity contribution in [3.05, 3.63) is 53.6 Å². The molecule has 1 fully saturated rings. The number of hydrogen-bond donors (Lipinski definition) is 1. The monoisotopic (exact) mass is 439 g/mol. The van der Waals surface area contributed by atoms with E-state index in [9.17, 15) is 13.2 Å². The summed E-state index contributed by atoms with van der Waals surface area (Å²) in [6.45, 7) is 4.09. The minimum Gasteiger partial charge on any atom is -0.368 e. The van der Waals surface area contributed by atoms with Gasteiger partial charge in [0.15, 0.2) is 0 Å². The van der Waals surface area contributed by atoms with Crippen LogP contribution >= 0.6 is 0 Å². The summed E-state index contributed by atoms with van der Waals surface area (Å²) in [7, 11) is -3.57. The van der Waals surface area contributed by atoms with Crippen LogP contribution in [0.2, 0.25) is 0 Å². The third-order valence-electron chi connectivity index (χ3n) is 6.67. The van der Waals surface area contributed by atoms with E-state index in [-0.39, 0.29) is 16.7 Å². The molecular weight excluding hydrogens is 410 g/mol. The first-order chi connectivity index (χ1) is 14.9. The molecule has 0 radical (unpaired) electrons. The minimum absolute atomic E-state index is 0.168. The lowest BCUT2D eigenvalue weighted by Crippen LogP contribution is -2.33. The van der Waals surface area contributed by atoms with Crippen LogP contribution in [0.3, 0.4) is 0 Å². The largest absolute Gasteiger partial charge is 0.368 e. The molecule has 164 valence electrons. The van der Waals surface area contributed by atoms with Crippen molar-refractivity contribution < 1.29 is 13.2 Å². The lowest BCUT2D eigenvalue weighted by atomic mass is 10.1. The lowest BCUT2D eigenvalue weighted by Gasteiger charge is -2.25. The molecule has 0 bridgehead atoms. The average Bonchev–Trinajstić information content (AvgIpc) is 3.44. The Hall–Kier alpha value is -2.38. The minimum atomic E-state index is -3.57. The second kappa shape index (κ2) is 7.95. The summed E-state index contributed by atoms with van der Waals surface area (Å²) in [4.78, 5) is 16.9. The standard InChI is InChI=1S/C24H29N3O3S/c1-17-15-19-5-2-3-6-22(19)26(17)13-4-12-25-31(29,30)21-9-10-23-20(16-21)11-14-27(23)24(28)18-7-8-18/h2-3,5-6,9-10,16-18,25H,4,7-8,11-15H2,1H3/t17-/m0/s1. The molecule has 0 saturated heterocycles. The molecule has 5 rings (SSSR count). The van der Waals surface area contributed by atoms with E-state index in [4.69, 9.17) is 0 Å². The number of anilines is 2. The van der Waals surface area contributed by atoms with Gasteiger partial charge in [-0.1, -0.05) is 18.2 Å². The Bertz CT molecular complexity index is 1110. The average molecular weight is 440 g/mol. The zero-order chi connectivity index (χ0) is 21.6. The number of benzene rings is 2. The number of para-hydroxylation sites is 1. The molecule has 0 aromatic heterocycles. The van der Waals surface area contributed by atoms with Gasteiger partial charge in [-0.25, -0.2) is 13.1 Å². The van der Waals surface area contributed by atoms with Crippen molar-refractivity contribution in [3.8, 4) is 0 Å². The van der Waals surface area contributed by atoms with Gasteiger partial charge in [0.1, 0.15) is 0 Å². The Morgan fingerprint density at radius 1 is 1.10 bits per heavy atom. The molecule has 7 heteroatoms. The topological polar surface area (TPSA) is 69.7 Å². The van der Waals surface area contributed by atoms with Crippen molar-refractivity contribution in [3.63, 3.8) is 0 Å². The van der Waals surface area contributed by atoms with Crippen molar-refractivity contribution >= 4 is 27.3 Å². The van der Waals surface area contributed by atoms with Crippen molar-refractivity contribution in [2.45, 2.75) is 50.0 Å². The molecule has 1 saturated carbocycles. The maximum atomic E-state index is 12.8. The van der Waals surface area contributed by atoms with Gasteiger partial charge in [-0.2, -0.15) is 0 Å². The van der Waals surface area contributed by atoms with Crippen LogP contribution in [0.25, 0.3) is 0 Å². The molecular formula is C24H29N3O3S. The molecule has 6 nitrogen and oxygen atoms in total. The summed E-state index contributed by atoms with van der Waals surface area (Å²) in [5.41, 5.74) is 4.45. The van der Waals surface area contributed by atoms with Crippen LogP contribution in [0.15, 0.2) is 47.4 Å². The third-order valence-corrected chi connectivity index (χ3v) is 8.12. The normalized spacial score (nSPS) is 20.1. The summed E-state index contributed by atoms with van der Waals surface area (Å²) in [5, 5.41) is 0. The van der Waals surface area contributed by atoms with Gasteiger partial charge < -0.3 is 9.80 Å². The second-order valence-corrected chi connectivity index (χ2v) is 10.7. The molecule has 2 aromatic rings. The number of carbonyl (C=O) groups excluding carboxylic acids is 1. The molecule has 1 aliphatic carbocycles. The molecule has 2 aliphatic heterocycles. The van der Waals surface area contributed by atoms with Crippen LogP contribution in [0.4, 0.5) is 11.4 Å². The number of rotatable bonds is 7. The number of nitrogens with one attached hydrogen (secondary N) is 1. The molecule has 0 spiro atoms. The quantitative estimate of drug-likeness (QED) is 0.673. The van der Waals surface area contributed by atoms with Crippen LogP contribution in [0.1, 0.15) is 37.3 Å². The molecule has 31 heavy (non-hydrogen) atoms. The van der Waals surface area contributed by atoms with Gasteiger partial charge >= 0.3 is 0 Å². The second-order valence-electron chi connectivity index (χ2n) is 8.93. The van der Waals surface area contributed by atoms with E-state index in [0.717, 1.165) is 43.5 Å². The van der Waals surface area contributed by atoms with Crippen molar-refractivity contribution in [2.75, 3.05) is 29.4 Å². The summed E-state index contributed by atoms with van der Waals surface area (Å²) < 4.78 is 28.4. The number of fused-ring (bicyclic) bond motifs is 2. The number of hydrogen-bond acceptors (Lipinski definition) is 4. The Labute approximate surface area is 184 Å². The SMILES string of the molecule is C[C@H]1Cc2ccccc2N1CCCNS(=O)(=O)c1ccc2c(c1)CCN2C(=O)C1CC1. The van der Waals surface area contributed by atoms with Gasteiger partial charge in [-0.05, 0) is 74.4 Å². The highest BCUT2D eigenvalue weighted by Gasteiger charge is 2.36. The number of sulfonamides is 1. The third kappa shape index (κ3) is 3.96. The molecule has 1 amide bonds. The molecule has 1 atom stereocenters. The Morgan fingerprint density at radius 3 is 2.71 bits per heavy atom. The van der Waals surface area contributed by atoms with E-state index in [0.29, 0.717) is 25.6 Å². The van der Waals surface area contributed by atoms with Crippen molar-refractivity contribution in [1.82, 2.24) is 4.72 Å². The number of nitrogens with zero attached hydrogens (tertiary/aromatic N) is 2. The van der Waals surface area contributed by atoms with Gasteiger partial charge in [0, 0.05) is 43.0 Å². The Morgan fingerprint density at radius 2 is 1.90 bits per heavy atom. The van der Waals surface area contributed by atoms with Crippen molar-refractivity contribution in [2.24, 2.45) is 5.92 Å². The van der Waals surface area contributed by atoms with Crippen LogP contribution in [0, 0.1) is 5.92 Å². The van der Waals surface area contributed by atoms with Gasteiger partial charge in [0.05, 0.1) is 4.90 Å². The zero-order valence-electron chi connectivity index (χ0n) is 17.9. The first kappa shape index (κ1) is 20.5. The lowest BCUT2D eigenvalue weighted by molar-refractivity contribution is -0.119.